The van der Waals surface area contributed by atoms with Crippen molar-refractivity contribution in [3.05, 3.63) is 35.9 Å². The molecule has 0 fully saturated rings. The van der Waals surface area contributed by atoms with Crippen LogP contribution < -0.4 is 5.32 Å². The number of hydrogen-bond donors (Lipinski definition) is 2. The van der Waals surface area contributed by atoms with Crippen molar-refractivity contribution in [1.29, 1.82) is 0 Å². The molecule has 21 heavy (non-hydrogen) atoms. The number of hydrogen-bond acceptors (Lipinski definition) is 4. The van der Waals surface area contributed by atoms with Crippen LogP contribution in [0.15, 0.2) is 35.3 Å². The van der Waals surface area contributed by atoms with Crippen molar-refractivity contribution in [2.75, 3.05) is 5.75 Å². The molecule has 1 aliphatic rings. The Labute approximate surface area is 127 Å². The van der Waals surface area contributed by atoms with E-state index in [-0.39, 0.29) is 5.91 Å². The Morgan fingerprint density at radius 3 is 2.76 bits per heavy atom. The molecular formula is C15H18N2O3S. The first-order valence-electron chi connectivity index (χ1n) is 6.91. The topological polar surface area (TPSA) is 78.8 Å². The molecule has 1 aromatic carbocycles. The molecule has 0 bridgehead atoms. The Balaban J connectivity index is 2.01. The van der Waals surface area contributed by atoms with Gasteiger partial charge in [-0.3, -0.25) is 9.79 Å². The van der Waals surface area contributed by atoms with Crippen LogP contribution in [0.2, 0.25) is 0 Å². The summed E-state index contributed by atoms with van der Waals surface area (Å²) in [7, 11) is 0. The number of nitrogens with one attached hydrogen (secondary N) is 1. The molecule has 2 N–H and O–H groups in total. The Morgan fingerprint density at radius 2 is 2.14 bits per heavy atom. The second kappa shape index (κ2) is 7.26. The van der Waals surface area contributed by atoms with Crippen LogP contribution in [-0.2, 0) is 9.59 Å². The fourth-order valence-corrected chi connectivity index (χ4v) is 3.11. The van der Waals surface area contributed by atoms with Crippen molar-refractivity contribution in [2.45, 2.75) is 31.8 Å². The SMILES string of the molecule is CCC[C@@H](NC(=O)C1CSC(c2ccccc2)=N1)C(=O)O. The number of carbonyl (C=O) groups is 2. The highest BCUT2D eigenvalue weighted by Gasteiger charge is 2.28. The molecule has 1 aromatic rings. The Morgan fingerprint density at radius 1 is 1.43 bits per heavy atom. The number of carbonyl (C=O) groups excluding carboxylic acids is 1. The minimum absolute atomic E-state index is 0.311. The Kier molecular flexibility index (Phi) is 5.38. The van der Waals surface area contributed by atoms with Crippen molar-refractivity contribution < 1.29 is 14.7 Å². The Bertz CT molecular complexity index is 545. The number of carboxylic acids is 1. The monoisotopic (exact) mass is 306 g/mol. The summed E-state index contributed by atoms with van der Waals surface area (Å²) in [6.07, 6.45) is 1.13. The lowest BCUT2D eigenvalue weighted by molar-refractivity contribution is -0.142. The van der Waals surface area contributed by atoms with Gasteiger partial charge in [-0.25, -0.2) is 4.79 Å². The molecule has 0 aliphatic carbocycles. The van der Waals surface area contributed by atoms with Gasteiger partial charge in [0.25, 0.3) is 0 Å². The van der Waals surface area contributed by atoms with Gasteiger partial charge in [-0.15, -0.1) is 11.8 Å². The number of amides is 1. The van der Waals surface area contributed by atoms with Crippen molar-refractivity contribution in [3.8, 4) is 0 Å². The zero-order chi connectivity index (χ0) is 15.2. The van der Waals surface area contributed by atoms with Crippen LogP contribution in [0.5, 0.6) is 0 Å². The number of carboxylic acid groups (broad SMARTS) is 1. The minimum Gasteiger partial charge on any atom is -0.480 e. The van der Waals surface area contributed by atoms with Crippen molar-refractivity contribution in [3.63, 3.8) is 0 Å². The van der Waals surface area contributed by atoms with E-state index in [0.717, 1.165) is 10.6 Å². The number of thioether (sulfide) groups is 1. The highest BCUT2D eigenvalue weighted by Crippen LogP contribution is 2.23. The highest BCUT2D eigenvalue weighted by molar-refractivity contribution is 8.14. The minimum atomic E-state index is -0.997. The average molecular weight is 306 g/mol. The van der Waals surface area contributed by atoms with Crippen LogP contribution in [0, 0.1) is 0 Å². The molecule has 5 nitrogen and oxygen atoms in total. The van der Waals surface area contributed by atoms with Gasteiger partial charge in [0.15, 0.2) is 0 Å². The molecule has 0 saturated carbocycles. The lowest BCUT2D eigenvalue weighted by atomic mass is 10.1. The third kappa shape index (κ3) is 4.07. The molecule has 6 heteroatoms. The van der Waals surface area contributed by atoms with E-state index in [9.17, 15) is 9.59 Å². The van der Waals surface area contributed by atoms with E-state index in [1.807, 2.05) is 37.3 Å². The fraction of sp³-hybridized carbons (Fsp3) is 0.400. The zero-order valence-electron chi connectivity index (χ0n) is 11.8. The molecule has 2 atom stereocenters. The lowest BCUT2D eigenvalue weighted by Gasteiger charge is -2.15. The quantitative estimate of drug-likeness (QED) is 0.841. The van der Waals surface area contributed by atoms with Gasteiger partial charge in [-0.1, -0.05) is 43.7 Å². The summed E-state index contributed by atoms with van der Waals surface area (Å²) in [6.45, 7) is 1.89. The maximum absolute atomic E-state index is 12.1. The van der Waals surface area contributed by atoms with Crippen molar-refractivity contribution in [2.24, 2.45) is 4.99 Å². The summed E-state index contributed by atoms with van der Waals surface area (Å²) in [6, 6.07) is 8.33. The van der Waals surface area contributed by atoms with Gasteiger partial charge in [-0.2, -0.15) is 0 Å². The molecule has 112 valence electrons. The number of rotatable bonds is 6. The molecule has 1 amide bonds. The van der Waals surface area contributed by atoms with Crippen LogP contribution >= 0.6 is 11.8 Å². The largest absolute Gasteiger partial charge is 0.480 e. The summed E-state index contributed by atoms with van der Waals surface area (Å²) in [4.78, 5) is 27.6. The van der Waals surface area contributed by atoms with Gasteiger partial charge < -0.3 is 10.4 Å². The van der Waals surface area contributed by atoms with Crippen LogP contribution in [0.1, 0.15) is 25.3 Å². The van der Waals surface area contributed by atoms with Crippen molar-refractivity contribution in [1.82, 2.24) is 5.32 Å². The third-order valence-corrected chi connectivity index (χ3v) is 4.26. The first kappa shape index (κ1) is 15.6. The summed E-state index contributed by atoms with van der Waals surface area (Å²) < 4.78 is 0. The highest BCUT2D eigenvalue weighted by atomic mass is 32.2. The van der Waals surface area contributed by atoms with Crippen LogP contribution in [0.25, 0.3) is 0 Å². The summed E-state index contributed by atoms with van der Waals surface area (Å²) in [5.41, 5.74) is 0.987. The maximum Gasteiger partial charge on any atom is 0.326 e. The third-order valence-electron chi connectivity index (χ3n) is 3.17. The van der Waals surface area contributed by atoms with E-state index in [1.165, 1.54) is 11.8 Å². The van der Waals surface area contributed by atoms with E-state index in [1.54, 1.807) is 0 Å². The number of aliphatic imine (C=N–C) groups is 1. The molecule has 0 radical (unpaired) electrons. The van der Waals surface area contributed by atoms with E-state index < -0.39 is 18.1 Å². The predicted octanol–water partition coefficient (Wildman–Crippen LogP) is 1.92. The predicted molar refractivity (Wildman–Crippen MR) is 83.7 cm³/mol. The van der Waals surface area contributed by atoms with Gasteiger partial charge in [0.1, 0.15) is 12.1 Å². The van der Waals surface area contributed by atoms with Crippen LogP contribution in [0.3, 0.4) is 0 Å². The average Bonchev–Trinajstić information content (AvgIpc) is 2.97. The lowest BCUT2D eigenvalue weighted by Crippen LogP contribution is -2.45. The standard InChI is InChI=1S/C15H18N2O3S/c1-2-6-11(15(19)20)16-13(18)12-9-21-14(17-12)10-7-4-3-5-8-10/h3-5,7-8,11-12H,2,6,9H2,1H3,(H,16,18)(H,19,20)/t11-,12?/m1/s1. The van der Waals surface area contributed by atoms with Crippen LogP contribution in [0.4, 0.5) is 0 Å². The molecule has 1 aliphatic heterocycles. The van der Waals surface area contributed by atoms with Gasteiger partial charge in [0, 0.05) is 11.3 Å². The van der Waals surface area contributed by atoms with E-state index in [4.69, 9.17) is 5.11 Å². The molecule has 0 aromatic heterocycles. The first-order valence-corrected chi connectivity index (χ1v) is 7.89. The first-order chi connectivity index (χ1) is 10.1. The molecule has 0 saturated heterocycles. The van der Waals surface area contributed by atoms with Crippen LogP contribution in [-0.4, -0.2) is 39.9 Å². The second-order valence-electron chi connectivity index (χ2n) is 4.82. The Hall–Kier alpha value is -1.82. The molecule has 2 rings (SSSR count). The normalized spacial score (nSPS) is 18.9. The van der Waals surface area contributed by atoms with Gasteiger partial charge in [0.2, 0.25) is 5.91 Å². The molecule has 1 heterocycles. The molecule has 0 spiro atoms. The molecular weight excluding hydrogens is 288 g/mol. The number of benzene rings is 1. The van der Waals surface area contributed by atoms with Gasteiger partial charge in [0.05, 0.1) is 5.04 Å². The second-order valence-corrected chi connectivity index (χ2v) is 5.82. The summed E-state index contributed by atoms with van der Waals surface area (Å²) in [5, 5.41) is 12.5. The fourth-order valence-electron chi connectivity index (χ4n) is 2.06. The van der Waals surface area contributed by atoms with E-state index >= 15 is 0 Å². The van der Waals surface area contributed by atoms with E-state index in [2.05, 4.69) is 10.3 Å². The smallest absolute Gasteiger partial charge is 0.326 e. The molecule has 1 unspecified atom stereocenters. The van der Waals surface area contributed by atoms with Gasteiger partial charge in [-0.05, 0) is 6.42 Å². The van der Waals surface area contributed by atoms with E-state index in [0.29, 0.717) is 18.6 Å². The number of nitrogens with zero attached hydrogens (tertiary/aromatic N) is 1. The maximum atomic E-state index is 12.1. The summed E-state index contributed by atoms with van der Waals surface area (Å²) in [5.74, 6) is -0.758. The van der Waals surface area contributed by atoms with Crippen molar-refractivity contribution >= 4 is 28.7 Å². The van der Waals surface area contributed by atoms with Gasteiger partial charge >= 0.3 is 5.97 Å². The zero-order valence-corrected chi connectivity index (χ0v) is 12.6. The number of aliphatic carboxylic acids is 1. The summed E-state index contributed by atoms with van der Waals surface area (Å²) >= 11 is 1.52.